The van der Waals surface area contributed by atoms with Crippen molar-refractivity contribution in [2.75, 3.05) is 13.2 Å². The Kier molecular flexibility index (Phi) is 30.4. The summed E-state index contributed by atoms with van der Waals surface area (Å²) < 4.78 is 10.1. The second-order valence-electron chi connectivity index (χ2n) is 4.16. The predicted molar refractivity (Wildman–Crippen MR) is 79.8 cm³/mol. The molecule has 136 valence electrons. The molecule has 0 aliphatic heterocycles. The number of hydrogen-bond acceptors (Lipinski definition) is 5. The van der Waals surface area contributed by atoms with Crippen LogP contribution in [0.1, 0.15) is 53.4 Å². The number of ether oxygens (including phenoxy) is 2. The molecule has 23 heavy (non-hydrogen) atoms. The zero-order chi connectivity index (χ0) is 18.0. The smallest absolute Gasteiger partial charge is 0.361 e. The van der Waals surface area contributed by atoms with Crippen LogP contribution in [0.15, 0.2) is 0 Å². The Morgan fingerprint density at radius 1 is 0.826 bits per heavy atom. The first kappa shape index (κ1) is 30.0. The van der Waals surface area contributed by atoms with Gasteiger partial charge in [0.25, 0.3) is 18.2 Å². The standard InChI is InChI=1S/C10H20O4.2C2H4O2.Ti/c1-3-5-7-13-10(9(11)12)14-8-6-4-2;2*1-2(3)4;/h10H,3-8H2,1-2H3,(H,11,12);2*1H3,(H,3,4);. The first-order chi connectivity index (χ1) is 10.2. The van der Waals surface area contributed by atoms with Gasteiger partial charge in [0, 0.05) is 35.6 Å². The summed E-state index contributed by atoms with van der Waals surface area (Å²) in [4.78, 5) is 28.6. The molecule has 0 unspecified atom stereocenters. The van der Waals surface area contributed by atoms with Crippen LogP contribution in [0.3, 0.4) is 0 Å². The number of rotatable bonds is 9. The van der Waals surface area contributed by atoms with Crippen molar-refractivity contribution in [1.29, 1.82) is 0 Å². The summed E-state index contributed by atoms with van der Waals surface area (Å²) in [5.41, 5.74) is 0. The molecule has 0 saturated carbocycles. The first-order valence-corrected chi connectivity index (χ1v) is 7.03. The molecule has 0 spiro atoms. The van der Waals surface area contributed by atoms with E-state index in [1.165, 1.54) is 0 Å². The number of unbranched alkanes of at least 4 members (excludes halogenated alkanes) is 2. The molecule has 9 heteroatoms. The number of aliphatic carboxylic acids is 3. The van der Waals surface area contributed by atoms with E-state index in [1.807, 2.05) is 13.8 Å². The molecular formula is C14H28O8Ti. The van der Waals surface area contributed by atoms with Gasteiger partial charge in [0.15, 0.2) is 0 Å². The van der Waals surface area contributed by atoms with Crippen LogP contribution in [-0.2, 0) is 45.6 Å². The molecule has 0 amide bonds. The van der Waals surface area contributed by atoms with E-state index < -0.39 is 24.2 Å². The van der Waals surface area contributed by atoms with Crippen molar-refractivity contribution >= 4 is 17.9 Å². The number of carboxylic acid groups (broad SMARTS) is 3. The Bertz CT molecular complexity index is 267. The van der Waals surface area contributed by atoms with Crippen molar-refractivity contribution in [3.05, 3.63) is 0 Å². The van der Waals surface area contributed by atoms with Gasteiger partial charge in [-0.25, -0.2) is 4.79 Å². The van der Waals surface area contributed by atoms with E-state index in [2.05, 4.69) is 0 Å². The molecule has 0 saturated heterocycles. The van der Waals surface area contributed by atoms with E-state index in [4.69, 9.17) is 34.4 Å². The zero-order valence-electron chi connectivity index (χ0n) is 14.2. The number of carboxylic acids is 3. The van der Waals surface area contributed by atoms with E-state index >= 15 is 0 Å². The molecule has 0 heterocycles. The average molecular weight is 372 g/mol. The van der Waals surface area contributed by atoms with Gasteiger partial charge in [-0.1, -0.05) is 26.7 Å². The maximum Gasteiger partial charge on any atom is 0.361 e. The van der Waals surface area contributed by atoms with Gasteiger partial charge in [-0.2, -0.15) is 0 Å². The molecule has 0 aromatic carbocycles. The minimum absolute atomic E-state index is 0. The molecular weight excluding hydrogens is 344 g/mol. The largest absolute Gasteiger partial charge is 0.481 e. The Morgan fingerprint density at radius 3 is 1.26 bits per heavy atom. The second kappa shape index (κ2) is 23.3. The van der Waals surface area contributed by atoms with E-state index in [9.17, 15) is 4.79 Å². The molecule has 0 aliphatic rings. The van der Waals surface area contributed by atoms with Crippen LogP contribution in [0.5, 0.6) is 0 Å². The fraction of sp³-hybridized carbons (Fsp3) is 0.786. The SMILES string of the molecule is CC(=O)O.CC(=O)O.CCCCOC(OCCCC)C(=O)O.[Ti]. The van der Waals surface area contributed by atoms with Crippen LogP contribution in [0.25, 0.3) is 0 Å². The van der Waals surface area contributed by atoms with Gasteiger partial charge >= 0.3 is 5.97 Å². The van der Waals surface area contributed by atoms with Crippen LogP contribution in [0.2, 0.25) is 0 Å². The molecule has 8 nitrogen and oxygen atoms in total. The molecule has 0 fully saturated rings. The van der Waals surface area contributed by atoms with Crippen LogP contribution >= 0.6 is 0 Å². The van der Waals surface area contributed by atoms with E-state index in [1.54, 1.807) is 0 Å². The van der Waals surface area contributed by atoms with Gasteiger partial charge in [-0.15, -0.1) is 0 Å². The quantitative estimate of drug-likeness (QED) is 0.319. The summed E-state index contributed by atoms with van der Waals surface area (Å²) in [6.45, 7) is 7.10. The molecule has 0 aromatic rings. The third-order valence-corrected chi connectivity index (χ3v) is 1.74. The van der Waals surface area contributed by atoms with Crippen molar-refractivity contribution in [3.8, 4) is 0 Å². The molecule has 0 rings (SSSR count). The summed E-state index contributed by atoms with van der Waals surface area (Å²) in [6.07, 6.45) is 2.61. The van der Waals surface area contributed by atoms with Gasteiger partial charge in [0.05, 0.1) is 13.2 Å². The third kappa shape index (κ3) is 44.9. The predicted octanol–water partition coefficient (Wildman–Crippen LogP) is 2.21. The van der Waals surface area contributed by atoms with Crippen molar-refractivity contribution in [2.45, 2.75) is 59.7 Å². The van der Waals surface area contributed by atoms with E-state index in [0.29, 0.717) is 13.2 Å². The Balaban J connectivity index is -0.000000167. The summed E-state index contributed by atoms with van der Waals surface area (Å²) >= 11 is 0. The molecule has 0 bridgehead atoms. The van der Waals surface area contributed by atoms with Crippen molar-refractivity contribution in [3.63, 3.8) is 0 Å². The summed E-state index contributed by atoms with van der Waals surface area (Å²) in [6, 6.07) is 0. The van der Waals surface area contributed by atoms with Crippen LogP contribution in [-0.4, -0.2) is 52.7 Å². The fourth-order valence-corrected chi connectivity index (χ4v) is 0.860. The average Bonchev–Trinajstić information content (AvgIpc) is 2.35. The van der Waals surface area contributed by atoms with Gasteiger partial charge < -0.3 is 24.8 Å². The van der Waals surface area contributed by atoms with Crippen molar-refractivity contribution in [2.24, 2.45) is 0 Å². The molecule has 0 radical (unpaired) electrons. The summed E-state index contributed by atoms with van der Waals surface area (Å²) in [5.74, 6) is -2.71. The minimum Gasteiger partial charge on any atom is -0.481 e. The molecule has 0 aromatic heterocycles. The normalized spacial score (nSPS) is 8.74. The third-order valence-electron chi connectivity index (χ3n) is 1.74. The molecule has 3 N–H and O–H groups in total. The maximum atomic E-state index is 10.6. The molecule has 0 aliphatic carbocycles. The van der Waals surface area contributed by atoms with Crippen molar-refractivity contribution < 1.29 is 60.9 Å². The van der Waals surface area contributed by atoms with Gasteiger partial charge in [-0.3, -0.25) is 9.59 Å². The zero-order valence-corrected chi connectivity index (χ0v) is 15.8. The van der Waals surface area contributed by atoms with E-state index in [-0.39, 0.29) is 21.7 Å². The summed E-state index contributed by atoms with van der Waals surface area (Å²) in [5, 5.41) is 23.6. The van der Waals surface area contributed by atoms with Crippen LogP contribution in [0, 0.1) is 0 Å². The number of carbonyl (C=O) groups is 3. The minimum atomic E-state index is -1.09. The maximum absolute atomic E-state index is 10.6. The topological polar surface area (TPSA) is 130 Å². The van der Waals surface area contributed by atoms with E-state index in [0.717, 1.165) is 39.5 Å². The van der Waals surface area contributed by atoms with Gasteiger partial charge in [-0.05, 0) is 12.8 Å². The van der Waals surface area contributed by atoms with Crippen molar-refractivity contribution in [1.82, 2.24) is 0 Å². The van der Waals surface area contributed by atoms with Gasteiger partial charge in [0.2, 0.25) is 0 Å². The Hall–Kier alpha value is -0.956. The molecule has 0 atom stereocenters. The number of hydrogen-bond donors (Lipinski definition) is 3. The Labute approximate surface area is 152 Å². The van der Waals surface area contributed by atoms with Crippen LogP contribution < -0.4 is 0 Å². The summed E-state index contributed by atoms with van der Waals surface area (Å²) in [7, 11) is 0. The first-order valence-electron chi connectivity index (χ1n) is 7.03. The van der Waals surface area contributed by atoms with Gasteiger partial charge in [0.1, 0.15) is 0 Å². The van der Waals surface area contributed by atoms with Crippen LogP contribution in [0.4, 0.5) is 0 Å². The second-order valence-corrected chi connectivity index (χ2v) is 4.16. The fourth-order valence-electron chi connectivity index (χ4n) is 0.860. The monoisotopic (exact) mass is 372 g/mol. The Morgan fingerprint density at radius 2 is 1.09 bits per heavy atom.